The van der Waals surface area contributed by atoms with Crippen LogP contribution in [-0.4, -0.2) is 28.9 Å². The van der Waals surface area contributed by atoms with E-state index < -0.39 is 0 Å². The van der Waals surface area contributed by atoms with E-state index in [0.717, 1.165) is 25.3 Å². The highest BCUT2D eigenvalue weighted by atomic mass is 35.5. The van der Waals surface area contributed by atoms with E-state index in [4.69, 9.17) is 11.6 Å². The molecule has 15 heavy (non-hydrogen) atoms. The first-order chi connectivity index (χ1) is 7.36. The molecule has 0 saturated heterocycles. The molecule has 3 heteroatoms. The zero-order valence-electron chi connectivity index (χ0n) is 9.32. The van der Waals surface area contributed by atoms with Gasteiger partial charge in [0.05, 0.1) is 5.69 Å². The Morgan fingerprint density at radius 2 is 2.20 bits per heavy atom. The summed E-state index contributed by atoms with van der Waals surface area (Å²) in [7, 11) is 0. The highest BCUT2D eigenvalue weighted by Gasteiger charge is 2.04. The van der Waals surface area contributed by atoms with Crippen molar-refractivity contribution in [1.29, 1.82) is 0 Å². The van der Waals surface area contributed by atoms with E-state index in [1.165, 1.54) is 12.8 Å². The van der Waals surface area contributed by atoms with Gasteiger partial charge in [0.2, 0.25) is 0 Å². The number of aromatic nitrogens is 1. The molecule has 0 bridgehead atoms. The van der Waals surface area contributed by atoms with Gasteiger partial charge in [0.15, 0.2) is 0 Å². The van der Waals surface area contributed by atoms with Crippen LogP contribution in [0.25, 0.3) is 0 Å². The fourth-order valence-corrected chi connectivity index (χ4v) is 1.73. The molecule has 0 saturated carbocycles. The summed E-state index contributed by atoms with van der Waals surface area (Å²) in [6.07, 6.45) is 4.29. The molecule has 0 aromatic carbocycles. The van der Waals surface area contributed by atoms with Crippen molar-refractivity contribution < 1.29 is 0 Å². The van der Waals surface area contributed by atoms with Gasteiger partial charge in [-0.1, -0.05) is 19.4 Å². The van der Waals surface area contributed by atoms with E-state index in [1.807, 2.05) is 18.3 Å². The molecule has 1 aromatic heterocycles. The van der Waals surface area contributed by atoms with Crippen molar-refractivity contribution in [2.45, 2.75) is 26.3 Å². The van der Waals surface area contributed by atoms with Gasteiger partial charge in [-0.05, 0) is 25.1 Å². The fourth-order valence-electron chi connectivity index (χ4n) is 1.49. The van der Waals surface area contributed by atoms with Crippen LogP contribution < -0.4 is 0 Å². The third kappa shape index (κ3) is 5.14. The highest BCUT2D eigenvalue weighted by Crippen LogP contribution is 2.03. The summed E-state index contributed by atoms with van der Waals surface area (Å²) in [5.74, 6) is 0.691. The lowest BCUT2D eigenvalue weighted by Crippen LogP contribution is -2.26. The lowest BCUT2D eigenvalue weighted by atomic mass is 10.3. The van der Waals surface area contributed by atoms with Crippen molar-refractivity contribution in [3.63, 3.8) is 0 Å². The Labute approximate surface area is 97.3 Å². The normalized spacial score (nSPS) is 10.9. The van der Waals surface area contributed by atoms with Crippen molar-refractivity contribution in [3.05, 3.63) is 30.1 Å². The van der Waals surface area contributed by atoms with Crippen LogP contribution in [0, 0.1) is 0 Å². The molecule has 0 aliphatic heterocycles. The molecule has 0 amide bonds. The van der Waals surface area contributed by atoms with Gasteiger partial charge in [-0.2, -0.15) is 0 Å². The maximum absolute atomic E-state index is 5.78. The number of alkyl halides is 1. The van der Waals surface area contributed by atoms with E-state index in [0.29, 0.717) is 5.88 Å². The smallest absolute Gasteiger partial charge is 0.0543 e. The molecule has 0 unspecified atom stereocenters. The number of hydrogen-bond donors (Lipinski definition) is 0. The average molecular weight is 227 g/mol. The van der Waals surface area contributed by atoms with E-state index in [9.17, 15) is 0 Å². The molecular formula is C12H19ClN2. The molecule has 0 N–H and O–H groups in total. The van der Waals surface area contributed by atoms with E-state index in [-0.39, 0.29) is 0 Å². The molecule has 1 rings (SSSR count). The molecule has 0 aliphatic carbocycles. The molecule has 0 spiro atoms. The standard InChI is InChI=1S/C12H19ClN2/c1-2-3-9-15(10-7-13)11-12-6-4-5-8-14-12/h4-6,8H,2-3,7,9-11H2,1H3. The number of nitrogens with zero attached hydrogens (tertiary/aromatic N) is 2. The third-order valence-electron chi connectivity index (χ3n) is 2.34. The molecule has 2 nitrogen and oxygen atoms in total. The number of unbranched alkanes of at least 4 members (excludes halogenated alkanes) is 1. The van der Waals surface area contributed by atoms with Gasteiger partial charge in [-0.25, -0.2) is 0 Å². The minimum atomic E-state index is 0.691. The van der Waals surface area contributed by atoms with Crippen molar-refractivity contribution in [3.8, 4) is 0 Å². The lowest BCUT2D eigenvalue weighted by Gasteiger charge is -2.20. The first kappa shape index (κ1) is 12.5. The van der Waals surface area contributed by atoms with Crippen LogP contribution >= 0.6 is 11.6 Å². The zero-order valence-corrected chi connectivity index (χ0v) is 10.1. The van der Waals surface area contributed by atoms with Crippen LogP contribution in [0.1, 0.15) is 25.5 Å². The van der Waals surface area contributed by atoms with Gasteiger partial charge in [-0.3, -0.25) is 9.88 Å². The number of hydrogen-bond acceptors (Lipinski definition) is 2. The molecule has 0 atom stereocenters. The van der Waals surface area contributed by atoms with Gasteiger partial charge < -0.3 is 0 Å². The third-order valence-corrected chi connectivity index (χ3v) is 2.51. The summed E-state index contributed by atoms with van der Waals surface area (Å²) in [4.78, 5) is 6.68. The SMILES string of the molecule is CCCCN(CCCl)Cc1ccccn1. The molecule has 84 valence electrons. The molecular weight excluding hydrogens is 208 g/mol. The molecule has 0 fully saturated rings. The Bertz CT molecular complexity index is 251. The summed E-state index contributed by atoms with van der Waals surface area (Å²) in [6.45, 7) is 5.17. The Kier molecular flexibility index (Phi) is 6.37. The monoisotopic (exact) mass is 226 g/mol. The van der Waals surface area contributed by atoms with Gasteiger partial charge >= 0.3 is 0 Å². The number of halogens is 1. The summed E-state index contributed by atoms with van der Waals surface area (Å²) >= 11 is 5.78. The maximum Gasteiger partial charge on any atom is 0.0543 e. The van der Waals surface area contributed by atoms with Crippen molar-refractivity contribution in [2.75, 3.05) is 19.0 Å². The number of pyridine rings is 1. The average Bonchev–Trinajstić information content (AvgIpc) is 2.28. The number of rotatable bonds is 7. The predicted octanol–water partition coefficient (Wildman–Crippen LogP) is 2.92. The first-order valence-corrected chi connectivity index (χ1v) is 6.08. The Hall–Kier alpha value is -0.600. The Morgan fingerprint density at radius 3 is 2.80 bits per heavy atom. The minimum absolute atomic E-state index is 0.691. The summed E-state index contributed by atoms with van der Waals surface area (Å²) < 4.78 is 0. The second-order valence-corrected chi connectivity index (χ2v) is 4.02. The highest BCUT2D eigenvalue weighted by molar-refractivity contribution is 6.18. The Morgan fingerprint density at radius 1 is 1.33 bits per heavy atom. The van der Waals surface area contributed by atoms with Crippen LogP contribution in [0.3, 0.4) is 0 Å². The lowest BCUT2D eigenvalue weighted by molar-refractivity contribution is 0.274. The van der Waals surface area contributed by atoms with Crippen LogP contribution in [0.5, 0.6) is 0 Å². The van der Waals surface area contributed by atoms with E-state index in [1.54, 1.807) is 0 Å². The van der Waals surface area contributed by atoms with Crippen molar-refractivity contribution in [2.24, 2.45) is 0 Å². The quantitative estimate of drug-likeness (QED) is 0.665. The molecule has 0 radical (unpaired) electrons. The minimum Gasteiger partial charge on any atom is -0.296 e. The summed E-state index contributed by atoms with van der Waals surface area (Å²) in [5, 5.41) is 0. The largest absolute Gasteiger partial charge is 0.296 e. The molecule has 1 heterocycles. The summed E-state index contributed by atoms with van der Waals surface area (Å²) in [6, 6.07) is 6.04. The van der Waals surface area contributed by atoms with E-state index in [2.05, 4.69) is 22.9 Å². The zero-order chi connectivity index (χ0) is 10.9. The van der Waals surface area contributed by atoms with Crippen LogP contribution in [0.4, 0.5) is 0 Å². The first-order valence-electron chi connectivity index (χ1n) is 5.55. The maximum atomic E-state index is 5.78. The predicted molar refractivity (Wildman–Crippen MR) is 65.1 cm³/mol. The van der Waals surface area contributed by atoms with Gasteiger partial charge in [0.1, 0.15) is 0 Å². The topological polar surface area (TPSA) is 16.1 Å². The molecule has 1 aromatic rings. The van der Waals surface area contributed by atoms with Crippen molar-refractivity contribution in [1.82, 2.24) is 9.88 Å². The van der Waals surface area contributed by atoms with Gasteiger partial charge in [0, 0.05) is 25.2 Å². The van der Waals surface area contributed by atoms with Crippen LogP contribution in [0.2, 0.25) is 0 Å². The second kappa shape index (κ2) is 7.66. The summed E-state index contributed by atoms with van der Waals surface area (Å²) in [5.41, 5.74) is 1.12. The van der Waals surface area contributed by atoms with Gasteiger partial charge in [0.25, 0.3) is 0 Å². The van der Waals surface area contributed by atoms with Crippen LogP contribution in [0.15, 0.2) is 24.4 Å². The molecule has 0 aliphatic rings. The van der Waals surface area contributed by atoms with E-state index >= 15 is 0 Å². The second-order valence-electron chi connectivity index (χ2n) is 3.64. The van der Waals surface area contributed by atoms with Gasteiger partial charge in [-0.15, -0.1) is 11.6 Å². The van der Waals surface area contributed by atoms with Crippen molar-refractivity contribution >= 4 is 11.6 Å². The Balaban J connectivity index is 2.43. The van der Waals surface area contributed by atoms with Crippen LogP contribution in [-0.2, 0) is 6.54 Å². The fraction of sp³-hybridized carbons (Fsp3) is 0.583.